The topological polar surface area (TPSA) is 120 Å². The van der Waals surface area contributed by atoms with Crippen molar-refractivity contribution in [1.29, 1.82) is 0 Å². The normalized spacial score (nSPS) is 22.9. The molecular weight excluding hydrogens is 446 g/mol. The van der Waals surface area contributed by atoms with E-state index in [1.807, 2.05) is 12.1 Å². The van der Waals surface area contributed by atoms with Gasteiger partial charge < -0.3 is 26.2 Å². The van der Waals surface area contributed by atoms with Crippen LogP contribution in [0.15, 0.2) is 36.4 Å². The Hall–Kier alpha value is -3.20. The molecule has 2 heterocycles. The molecule has 0 aliphatic carbocycles. The highest BCUT2D eigenvalue weighted by Crippen LogP contribution is 2.31. The van der Waals surface area contributed by atoms with E-state index in [1.165, 1.54) is 0 Å². The lowest BCUT2D eigenvalue weighted by Gasteiger charge is -2.35. The first-order chi connectivity index (χ1) is 16.7. The molecule has 1 aromatic rings. The zero-order chi connectivity index (χ0) is 25.5. The first kappa shape index (κ1) is 26.4. The molecule has 2 saturated heterocycles. The number of nitrogens with one attached hydrogen (secondary N) is 4. The summed E-state index contributed by atoms with van der Waals surface area (Å²) in [7, 11) is 1.70. The van der Waals surface area contributed by atoms with E-state index in [0.717, 1.165) is 31.2 Å². The SMILES string of the molecule is C=C(C)C(=O)Nc1cccc(CNC(=O)C2CCC3CCCCC(NC(=O)C(C)NC)C(=O)N32)c1. The van der Waals surface area contributed by atoms with Gasteiger partial charge in [-0.3, -0.25) is 19.2 Å². The Morgan fingerprint density at radius 2 is 1.89 bits per heavy atom. The number of benzene rings is 1. The maximum absolute atomic E-state index is 13.5. The van der Waals surface area contributed by atoms with Crippen molar-refractivity contribution in [1.82, 2.24) is 20.9 Å². The Kier molecular flexibility index (Phi) is 9.03. The average Bonchev–Trinajstić information content (AvgIpc) is 3.25. The van der Waals surface area contributed by atoms with Gasteiger partial charge in [0.25, 0.3) is 5.91 Å². The van der Waals surface area contributed by atoms with Gasteiger partial charge in [-0.2, -0.15) is 0 Å². The number of hydrogen-bond acceptors (Lipinski definition) is 5. The minimum absolute atomic E-state index is 0.0142. The minimum Gasteiger partial charge on any atom is -0.350 e. The van der Waals surface area contributed by atoms with Crippen molar-refractivity contribution in [3.63, 3.8) is 0 Å². The van der Waals surface area contributed by atoms with Crippen molar-refractivity contribution in [3.05, 3.63) is 42.0 Å². The van der Waals surface area contributed by atoms with E-state index in [9.17, 15) is 19.2 Å². The second kappa shape index (κ2) is 12.0. The smallest absolute Gasteiger partial charge is 0.250 e. The predicted molar refractivity (Wildman–Crippen MR) is 134 cm³/mol. The van der Waals surface area contributed by atoms with Crippen molar-refractivity contribution in [3.8, 4) is 0 Å². The number of amides is 4. The van der Waals surface area contributed by atoms with Gasteiger partial charge in [-0.05, 0) is 64.3 Å². The lowest BCUT2D eigenvalue weighted by molar-refractivity contribution is -0.144. The molecule has 35 heavy (non-hydrogen) atoms. The van der Waals surface area contributed by atoms with Crippen molar-refractivity contribution >= 4 is 29.3 Å². The maximum Gasteiger partial charge on any atom is 0.250 e. The van der Waals surface area contributed by atoms with E-state index in [0.29, 0.717) is 24.1 Å². The number of hydrogen-bond donors (Lipinski definition) is 4. The molecule has 9 nitrogen and oxygen atoms in total. The zero-order valence-electron chi connectivity index (χ0n) is 20.9. The molecule has 4 amide bonds. The maximum atomic E-state index is 13.5. The molecule has 0 spiro atoms. The molecule has 0 radical (unpaired) electrons. The van der Waals surface area contributed by atoms with Gasteiger partial charge in [0.05, 0.1) is 6.04 Å². The number of anilines is 1. The van der Waals surface area contributed by atoms with Crippen molar-refractivity contribution in [2.24, 2.45) is 0 Å². The Balaban J connectivity index is 1.66. The molecule has 0 saturated carbocycles. The third-order valence-corrected chi connectivity index (χ3v) is 6.82. The molecule has 0 aromatic heterocycles. The molecule has 3 rings (SSSR count). The van der Waals surface area contributed by atoms with Gasteiger partial charge in [0.15, 0.2) is 0 Å². The van der Waals surface area contributed by atoms with Crippen LogP contribution in [0.2, 0.25) is 0 Å². The van der Waals surface area contributed by atoms with Gasteiger partial charge in [-0.1, -0.05) is 31.6 Å². The van der Waals surface area contributed by atoms with Gasteiger partial charge in [0, 0.05) is 23.8 Å². The second-order valence-corrected chi connectivity index (χ2v) is 9.50. The Labute approximate surface area is 207 Å². The summed E-state index contributed by atoms with van der Waals surface area (Å²) >= 11 is 0. The molecule has 4 N–H and O–H groups in total. The molecule has 4 atom stereocenters. The van der Waals surface area contributed by atoms with Gasteiger partial charge in [-0.15, -0.1) is 0 Å². The summed E-state index contributed by atoms with van der Waals surface area (Å²) in [5.41, 5.74) is 1.86. The summed E-state index contributed by atoms with van der Waals surface area (Å²) in [6, 6.07) is 5.68. The molecule has 4 unspecified atom stereocenters. The van der Waals surface area contributed by atoms with Crippen molar-refractivity contribution in [2.45, 2.75) is 83.1 Å². The summed E-state index contributed by atoms with van der Waals surface area (Å²) in [6.07, 6.45) is 4.64. The molecule has 2 aliphatic heterocycles. The largest absolute Gasteiger partial charge is 0.350 e. The van der Waals surface area contributed by atoms with Gasteiger partial charge in [0.1, 0.15) is 12.1 Å². The average molecular weight is 484 g/mol. The third-order valence-electron chi connectivity index (χ3n) is 6.82. The van der Waals surface area contributed by atoms with Crippen LogP contribution in [0.4, 0.5) is 5.69 Å². The van der Waals surface area contributed by atoms with Crippen LogP contribution in [0.3, 0.4) is 0 Å². The number of rotatable bonds is 8. The number of carbonyl (C=O) groups is 4. The van der Waals surface area contributed by atoms with E-state index in [1.54, 1.807) is 37.9 Å². The number of nitrogens with zero attached hydrogens (tertiary/aromatic N) is 1. The Morgan fingerprint density at radius 3 is 2.60 bits per heavy atom. The lowest BCUT2D eigenvalue weighted by Crippen LogP contribution is -2.57. The van der Waals surface area contributed by atoms with E-state index < -0.39 is 18.1 Å². The van der Waals surface area contributed by atoms with Crippen LogP contribution in [0.5, 0.6) is 0 Å². The van der Waals surface area contributed by atoms with E-state index in [-0.39, 0.29) is 36.2 Å². The van der Waals surface area contributed by atoms with Gasteiger partial charge >= 0.3 is 0 Å². The highest BCUT2D eigenvalue weighted by Gasteiger charge is 2.43. The van der Waals surface area contributed by atoms with Crippen molar-refractivity contribution in [2.75, 3.05) is 12.4 Å². The van der Waals surface area contributed by atoms with Crippen LogP contribution in [0.1, 0.15) is 57.9 Å². The first-order valence-electron chi connectivity index (χ1n) is 12.3. The second-order valence-electron chi connectivity index (χ2n) is 9.50. The van der Waals surface area contributed by atoms with Crippen LogP contribution in [0, 0.1) is 0 Å². The quantitative estimate of drug-likeness (QED) is 0.421. The van der Waals surface area contributed by atoms with Crippen LogP contribution in [-0.4, -0.2) is 59.7 Å². The van der Waals surface area contributed by atoms with Gasteiger partial charge in [0.2, 0.25) is 17.7 Å². The van der Waals surface area contributed by atoms with Gasteiger partial charge in [-0.25, -0.2) is 0 Å². The molecule has 2 aliphatic rings. The number of likely N-dealkylation sites (N-methyl/N-ethyl adjacent to an activating group) is 1. The Morgan fingerprint density at radius 1 is 1.14 bits per heavy atom. The molecule has 9 heteroatoms. The summed E-state index contributed by atoms with van der Waals surface area (Å²) in [5, 5.41) is 11.5. The molecule has 2 fully saturated rings. The number of fused-ring (bicyclic) bond motifs is 1. The summed E-state index contributed by atoms with van der Waals surface area (Å²) in [6.45, 7) is 7.29. The first-order valence-corrected chi connectivity index (χ1v) is 12.3. The number of carbonyl (C=O) groups excluding carboxylic acids is 4. The zero-order valence-corrected chi connectivity index (χ0v) is 20.9. The monoisotopic (exact) mass is 483 g/mol. The fourth-order valence-corrected chi connectivity index (χ4v) is 4.65. The molecule has 190 valence electrons. The molecule has 1 aromatic carbocycles. The Bertz CT molecular complexity index is 978. The van der Waals surface area contributed by atoms with Crippen LogP contribution in [-0.2, 0) is 25.7 Å². The highest BCUT2D eigenvalue weighted by atomic mass is 16.2. The molecular formula is C26H37N5O4. The van der Waals surface area contributed by atoms with Crippen LogP contribution >= 0.6 is 0 Å². The minimum atomic E-state index is -0.622. The summed E-state index contributed by atoms with van der Waals surface area (Å²) in [4.78, 5) is 52.7. The highest BCUT2D eigenvalue weighted by molar-refractivity contribution is 6.02. The van der Waals surface area contributed by atoms with E-state index in [2.05, 4.69) is 27.8 Å². The van der Waals surface area contributed by atoms with E-state index in [4.69, 9.17) is 0 Å². The fraction of sp³-hybridized carbons (Fsp3) is 0.538. The van der Waals surface area contributed by atoms with Crippen LogP contribution in [0.25, 0.3) is 0 Å². The van der Waals surface area contributed by atoms with E-state index >= 15 is 0 Å². The summed E-state index contributed by atoms with van der Waals surface area (Å²) in [5.74, 6) is -0.855. The summed E-state index contributed by atoms with van der Waals surface area (Å²) < 4.78 is 0. The van der Waals surface area contributed by atoms with Crippen molar-refractivity contribution < 1.29 is 19.2 Å². The predicted octanol–water partition coefficient (Wildman–Crippen LogP) is 1.84. The fourth-order valence-electron chi connectivity index (χ4n) is 4.65. The molecule has 0 bridgehead atoms. The van der Waals surface area contributed by atoms with Crippen LogP contribution < -0.4 is 21.3 Å². The standard InChI is InChI=1S/C26H37N5O4/c1-16(2)23(32)29-19-9-7-8-18(14-19)15-28-25(34)22-13-12-20-10-5-6-11-21(26(35)31(20)22)30-24(33)17(3)27-4/h7-9,14,17,20-22,27H,1,5-6,10-13,15H2,2-4H3,(H,28,34)(H,29,32)(H,30,33). The lowest BCUT2D eigenvalue weighted by atomic mass is 9.98. The third kappa shape index (κ3) is 6.69.